The zero-order valence-corrected chi connectivity index (χ0v) is 11.0. The average Bonchev–Trinajstić information content (AvgIpc) is 2.58. The van der Waals surface area contributed by atoms with Gasteiger partial charge in [0.05, 0.1) is 6.54 Å². The summed E-state index contributed by atoms with van der Waals surface area (Å²) in [7, 11) is 0. The Labute approximate surface area is 103 Å². The number of benzene rings is 1. The minimum Gasteiger partial charge on any atom is -0.267 e. The molecule has 0 aliphatic rings. The molecule has 0 aliphatic carbocycles. The second-order valence-electron chi connectivity index (χ2n) is 3.71. The third-order valence-corrected chi connectivity index (χ3v) is 3.15. The first-order chi connectivity index (χ1) is 7.16. The third kappa shape index (κ3) is 2.40. The molecule has 0 saturated carbocycles. The molecule has 1 aromatic carbocycles. The predicted molar refractivity (Wildman–Crippen MR) is 70.0 cm³/mol. The summed E-state index contributed by atoms with van der Waals surface area (Å²) in [4.78, 5) is 0. The maximum Gasteiger partial charge on any atom is 0.123 e. The number of aryl methyl sites for hydroxylation is 2. The van der Waals surface area contributed by atoms with Gasteiger partial charge in [0.25, 0.3) is 0 Å². The molecule has 0 spiro atoms. The van der Waals surface area contributed by atoms with E-state index in [1.54, 1.807) is 0 Å². The number of rotatable bonds is 2. The van der Waals surface area contributed by atoms with Crippen LogP contribution in [0.4, 0.5) is 0 Å². The lowest BCUT2D eigenvalue weighted by Crippen LogP contribution is -2.04. The van der Waals surface area contributed by atoms with Crippen LogP contribution in [0.2, 0.25) is 0 Å². The van der Waals surface area contributed by atoms with Crippen molar-refractivity contribution in [3.8, 4) is 0 Å². The third-order valence-electron chi connectivity index (χ3n) is 2.57. The summed E-state index contributed by atoms with van der Waals surface area (Å²) in [6.45, 7) is 5.16. The van der Waals surface area contributed by atoms with Gasteiger partial charge in [-0.3, -0.25) is 4.68 Å². The van der Waals surface area contributed by atoms with Crippen molar-refractivity contribution in [1.82, 2.24) is 9.78 Å². The SMILES string of the molecule is Cc1cccc(C)c1Cn1ccc(I)n1. The zero-order chi connectivity index (χ0) is 10.8. The number of aromatic nitrogens is 2. The van der Waals surface area contributed by atoms with E-state index in [9.17, 15) is 0 Å². The molecule has 15 heavy (non-hydrogen) atoms. The van der Waals surface area contributed by atoms with E-state index in [2.05, 4.69) is 59.7 Å². The molecule has 3 heteroatoms. The van der Waals surface area contributed by atoms with Gasteiger partial charge in [-0.2, -0.15) is 5.10 Å². The van der Waals surface area contributed by atoms with Gasteiger partial charge in [-0.05, 0) is 59.2 Å². The van der Waals surface area contributed by atoms with Crippen LogP contribution in [-0.2, 0) is 6.54 Å². The number of hydrogen-bond acceptors (Lipinski definition) is 1. The molecule has 0 fully saturated rings. The first-order valence-corrected chi connectivity index (χ1v) is 5.99. The van der Waals surface area contributed by atoms with Crippen LogP contribution >= 0.6 is 22.6 Å². The van der Waals surface area contributed by atoms with Crippen molar-refractivity contribution in [2.45, 2.75) is 20.4 Å². The second-order valence-corrected chi connectivity index (χ2v) is 4.81. The molecule has 2 nitrogen and oxygen atoms in total. The Bertz CT molecular complexity index is 454. The Morgan fingerprint density at radius 1 is 1.20 bits per heavy atom. The van der Waals surface area contributed by atoms with Gasteiger partial charge < -0.3 is 0 Å². The quantitative estimate of drug-likeness (QED) is 0.779. The maximum atomic E-state index is 4.39. The fraction of sp³-hybridized carbons (Fsp3) is 0.250. The number of halogens is 1. The van der Waals surface area contributed by atoms with Crippen molar-refractivity contribution in [2.75, 3.05) is 0 Å². The molecule has 0 atom stereocenters. The van der Waals surface area contributed by atoms with Gasteiger partial charge in [0.2, 0.25) is 0 Å². The van der Waals surface area contributed by atoms with Crippen molar-refractivity contribution in [3.05, 3.63) is 50.9 Å². The van der Waals surface area contributed by atoms with Gasteiger partial charge in [-0.1, -0.05) is 18.2 Å². The standard InChI is InChI=1S/C12H13IN2/c1-9-4-3-5-10(2)11(9)8-15-7-6-12(13)14-15/h3-7H,8H2,1-2H3. The van der Waals surface area contributed by atoms with Crippen LogP contribution in [0.25, 0.3) is 0 Å². The molecular formula is C12H13IN2. The minimum absolute atomic E-state index is 0.863. The average molecular weight is 312 g/mol. The lowest BCUT2D eigenvalue weighted by Gasteiger charge is -2.09. The molecule has 0 unspecified atom stereocenters. The molecule has 0 saturated heterocycles. The summed E-state index contributed by atoms with van der Waals surface area (Å²) in [6, 6.07) is 8.42. The summed E-state index contributed by atoms with van der Waals surface area (Å²) in [6.07, 6.45) is 2.02. The molecule has 0 aliphatic heterocycles. The lowest BCUT2D eigenvalue weighted by atomic mass is 10.0. The van der Waals surface area contributed by atoms with Gasteiger partial charge in [0, 0.05) is 6.20 Å². The molecule has 2 rings (SSSR count). The van der Waals surface area contributed by atoms with E-state index in [1.807, 2.05) is 16.9 Å². The molecule has 0 amide bonds. The maximum absolute atomic E-state index is 4.39. The van der Waals surface area contributed by atoms with Gasteiger partial charge in [-0.15, -0.1) is 0 Å². The van der Waals surface area contributed by atoms with Gasteiger partial charge in [-0.25, -0.2) is 0 Å². The first-order valence-electron chi connectivity index (χ1n) is 4.91. The largest absolute Gasteiger partial charge is 0.267 e. The molecule has 1 aromatic heterocycles. The fourth-order valence-corrected chi connectivity index (χ4v) is 2.12. The van der Waals surface area contributed by atoms with E-state index >= 15 is 0 Å². The zero-order valence-electron chi connectivity index (χ0n) is 8.87. The Morgan fingerprint density at radius 3 is 2.40 bits per heavy atom. The van der Waals surface area contributed by atoms with Crippen molar-refractivity contribution in [3.63, 3.8) is 0 Å². The highest BCUT2D eigenvalue weighted by atomic mass is 127. The van der Waals surface area contributed by atoms with Crippen LogP contribution in [0.3, 0.4) is 0 Å². The minimum atomic E-state index is 0.863. The summed E-state index contributed by atoms with van der Waals surface area (Å²) in [5.41, 5.74) is 4.04. The van der Waals surface area contributed by atoms with Crippen LogP contribution in [0.5, 0.6) is 0 Å². The van der Waals surface area contributed by atoms with Crippen molar-refractivity contribution >= 4 is 22.6 Å². The normalized spacial score (nSPS) is 10.6. The van der Waals surface area contributed by atoms with E-state index in [1.165, 1.54) is 16.7 Å². The highest BCUT2D eigenvalue weighted by molar-refractivity contribution is 14.1. The van der Waals surface area contributed by atoms with E-state index in [0.29, 0.717) is 0 Å². The Morgan fingerprint density at radius 2 is 1.87 bits per heavy atom. The van der Waals surface area contributed by atoms with E-state index < -0.39 is 0 Å². The summed E-state index contributed by atoms with van der Waals surface area (Å²) in [5, 5.41) is 4.39. The Hall–Kier alpha value is -0.840. The topological polar surface area (TPSA) is 17.8 Å². The summed E-state index contributed by atoms with van der Waals surface area (Å²) >= 11 is 2.23. The predicted octanol–water partition coefficient (Wildman–Crippen LogP) is 3.15. The molecule has 1 heterocycles. The van der Waals surface area contributed by atoms with Crippen LogP contribution in [-0.4, -0.2) is 9.78 Å². The van der Waals surface area contributed by atoms with Crippen molar-refractivity contribution in [1.29, 1.82) is 0 Å². The van der Waals surface area contributed by atoms with Gasteiger partial charge in [0.1, 0.15) is 3.70 Å². The van der Waals surface area contributed by atoms with Crippen molar-refractivity contribution < 1.29 is 0 Å². The molecule has 2 aromatic rings. The number of nitrogens with zero attached hydrogens (tertiary/aromatic N) is 2. The first kappa shape index (κ1) is 10.7. The molecule has 0 N–H and O–H groups in total. The Balaban J connectivity index is 2.31. The van der Waals surface area contributed by atoms with Crippen molar-refractivity contribution in [2.24, 2.45) is 0 Å². The highest BCUT2D eigenvalue weighted by Gasteiger charge is 2.03. The summed E-state index contributed by atoms with van der Waals surface area (Å²) in [5.74, 6) is 0. The van der Waals surface area contributed by atoms with Crippen LogP contribution in [0, 0.1) is 17.5 Å². The molecule has 0 bridgehead atoms. The van der Waals surface area contributed by atoms with E-state index in [-0.39, 0.29) is 0 Å². The van der Waals surface area contributed by atoms with Crippen LogP contribution in [0.1, 0.15) is 16.7 Å². The molecule has 78 valence electrons. The Kier molecular flexibility index (Phi) is 3.09. The smallest absolute Gasteiger partial charge is 0.123 e. The highest BCUT2D eigenvalue weighted by Crippen LogP contribution is 2.14. The van der Waals surface area contributed by atoms with Crippen LogP contribution in [0.15, 0.2) is 30.5 Å². The summed E-state index contributed by atoms with van der Waals surface area (Å²) < 4.78 is 3.02. The monoisotopic (exact) mass is 312 g/mol. The number of hydrogen-bond donors (Lipinski definition) is 0. The van der Waals surface area contributed by atoms with Gasteiger partial charge >= 0.3 is 0 Å². The molecule has 0 radical (unpaired) electrons. The molecular weight excluding hydrogens is 299 g/mol. The van der Waals surface area contributed by atoms with Gasteiger partial charge in [0.15, 0.2) is 0 Å². The fourth-order valence-electron chi connectivity index (χ4n) is 1.69. The lowest BCUT2D eigenvalue weighted by molar-refractivity contribution is 0.675. The second kappa shape index (κ2) is 4.35. The van der Waals surface area contributed by atoms with E-state index in [0.717, 1.165) is 10.2 Å². The van der Waals surface area contributed by atoms with Crippen LogP contribution < -0.4 is 0 Å². The van der Waals surface area contributed by atoms with E-state index in [4.69, 9.17) is 0 Å².